The first-order chi connectivity index (χ1) is 12.4. The van der Waals surface area contributed by atoms with Crippen molar-refractivity contribution in [1.82, 2.24) is 0 Å². The minimum absolute atomic E-state index is 0.0503. The SMILES string of the molecule is CCOc1ccc(N2C=C(C(=O)c3ccc(F)cc3)C(C)(C)CC2)cc1. The number of halogens is 1. The first kappa shape index (κ1) is 18.2. The molecule has 3 rings (SSSR count). The molecule has 0 aliphatic carbocycles. The molecule has 136 valence electrons. The largest absolute Gasteiger partial charge is 0.494 e. The van der Waals surface area contributed by atoms with Crippen molar-refractivity contribution in [2.24, 2.45) is 5.41 Å². The Labute approximate surface area is 154 Å². The first-order valence-corrected chi connectivity index (χ1v) is 8.93. The molecule has 4 heteroatoms. The van der Waals surface area contributed by atoms with Gasteiger partial charge in [0.25, 0.3) is 0 Å². The van der Waals surface area contributed by atoms with Crippen molar-refractivity contribution in [3.05, 3.63) is 71.7 Å². The molecule has 0 amide bonds. The number of rotatable bonds is 5. The number of allylic oxidation sites excluding steroid dienone is 1. The van der Waals surface area contributed by atoms with Crippen molar-refractivity contribution in [3.8, 4) is 5.75 Å². The molecule has 0 saturated heterocycles. The Balaban J connectivity index is 1.90. The van der Waals surface area contributed by atoms with Gasteiger partial charge < -0.3 is 9.64 Å². The lowest BCUT2D eigenvalue weighted by molar-refractivity contribution is 0.100. The second-order valence-electron chi connectivity index (χ2n) is 7.13. The second-order valence-corrected chi connectivity index (χ2v) is 7.13. The van der Waals surface area contributed by atoms with Crippen molar-refractivity contribution >= 4 is 11.5 Å². The fraction of sp³-hybridized carbons (Fsp3) is 0.318. The summed E-state index contributed by atoms with van der Waals surface area (Å²) in [5.41, 5.74) is 2.05. The van der Waals surface area contributed by atoms with E-state index in [2.05, 4.69) is 18.7 Å². The summed E-state index contributed by atoms with van der Waals surface area (Å²) in [5, 5.41) is 0. The molecule has 3 nitrogen and oxygen atoms in total. The summed E-state index contributed by atoms with van der Waals surface area (Å²) in [6, 6.07) is 13.6. The highest BCUT2D eigenvalue weighted by atomic mass is 19.1. The van der Waals surface area contributed by atoms with E-state index in [1.807, 2.05) is 37.4 Å². The number of carbonyl (C=O) groups excluding carboxylic acids is 1. The van der Waals surface area contributed by atoms with Crippen LogP contribution < -0.4 is 9.64 Å². The summed E-state index contributed by atoms with van der Waals surface area (Å²) in [7, 11) is 0. The van der Waals surface area contributed by atoms with Crippen molar-refractivity contribution in [3.63, 3.8) is 0 Å². The number of nitrogens with zero attached hydrogens (tertiary/aromatic N) is 1. The fourth-order valence-corrected chi connectivity index (χ4v) is 3.16. The third kappa shape index (κ3) is 3.79. The monoisotopic (exact) mass is 353 g/mol. The van der Waals surface area contributed by atoms with Crippen molar-refractivity contribution in [1.29, 1.82) is 0 Å². The molecule has 0 bridgehead atoms. The molecule has 0 fully saturated rings. The van der Waals surface area contributed by atoms with E-state index in [1.165, 1.54) is 12.1 Å². The van der Waals surface area contributed by atoms with Crippen molar-refractivity contribution in [2.45, 2.75) is 27.2 Å². The van der Waals surface area contributed by atoms with Crippen molar-refractivity contribution < 1.29 is 13.9 Å². The predicted molar refractivity (Wildman–Crippen MR) is 102 cm³/mol. The molecule has 0 atom stereocenters. The summed E-state index contributed by atoms with van der Waals surface area (Å²) >= 11 is 0. The van der Waals surface area contributed by atoms with Gasteiger partial charge in [-0.3, -0.25) is 4.79 Å². The molecule has 0 N–H and O–H groups in total. The highest BCUT2D eigenvalue weighted by Gasteiger charge is 2.33. The van der Waals surface area contributed by atoms with Crippen LogP contribution >= 0.6 is 0 Å². The summed E-state index contributed by atoms with van der Waals surface area (Å²) in [4.78, 5) is 15.1. The lowest BCUT2D eigenvalue weighted by Crippen LogP contribution is -2.35. The number of carbonyl (C=O) groups is 1. The maximum Gasteiger partial charge on any atom is 0.191 e. The Morgan fingerprint density at radius 1 is 1.12 bits per heavy atom. The van der Waals surface area contributed by atoms with Gasteiger partial charge in [-0.15, -0.1) is 0 Å². The molecule has 26 heavy (non-hydrogen) atoms. The average Bonchev–Trinajstić information content (AvgIpc) is 2.63. The molecule has 0 spiro atoms. The number of anilines is 1. The van der Waals surface area contributed by atoms with E-state index >= 15 is 0 Å². The zero-order chi connectivity index (χ0) is 18.7. The summed E-state index contributed by atoms with van der Waals surface area (Å²) in [6.45, 7) is 7.58. The molecule has 1 aliphatic rings. The lowest BCUT2D eigenvalue weighted by Gasteiger charge is -2.37. The Kier molecular flexibility index (Phi) is 5.12. The Bertz CT molecular complexity index is 807. The van der Waals surface area contributed by atoms with Gasteiger partial charge in [-0.2, -0.15) is 0 Å². The van der Waals surface area contributed by atoms with Gasteiger partial charge in [0.2, 0.25) is 0 Å². The molecular formula is C22H24FNO2. The third-order valence-electron chi connectivity index (χ3n) is 4.82. The summed E-state index contributed by atoms with van der Waals surface area (Å²) < 4.78 is 18.7. The maximum atomic E-state index is 13.2. The van der Waals surface area contributed by atoms with Gasteiger partial charge in [0.05, 0.1) is 6.61 Å². The Morgan fingerprint density at radius 3 is 2.38 bits per heavy atom. The molecule has 1 heterocycles. The molecule has 0 saturated carbocycles. The number of benzene rings is 2. The Morgan fingerprint density at radius 2 is 1.77 bits per heavy atom. The summed E-state index contributed by atoms with van der Waals surface area (Å²) in [6.07, 6.45) is 2.80. The molecule has 1 aliphatic heterocycles. The van der Waals surface area contributed by atoms with Crippen molar-refractivity contribution in [2.75, 3.05) is 18.1 Å². The van der Waals surface area contributed by atoms with Gasteiger partial charge in [-0.1, -0.05) is 13.8 Å². The van der Waals surface area contributed by atoms with Gasteiger partial charge >= 0.3 is 0 Å². The Hall–Kier alpha value is -2.62. The molecule has 2 aromatic rings. The first-order valence-electron chi connectivity index (χ1n) is 8.93. The van der Waals surface area contributed by atoms with E-state index in [4.69, 9.17) is 4.74 Å². The van der Waals surface area contributed by atoms with Crippen LogP contribution in [-0.4, -0.2) is 18.9 Å². The van der Waals surface area contributed by atoms with Gasteiger partial charge in [0.1, 0.15) is 11.6 Å². The normalized spacial score (nSPS) is 16.2. The topological polar surface area (TPSA) is 29.5 Å². The minimum atomic E-state index is -0.338. The van der Waals surface area contributed by atoms with Crippen LogP contribution in [0.15, 0.2) is 60.3 Å². The van der Waals surface area contributed by atoms with Gasteiger partial charge in [-0.05, 0) is 67.3 Å². The van der Waals surface area contributed by atoms with Crippen LogP contribution in [0.2, 0.25) is 0 Å². The van der Waals surface area contributed by atoms with Crippen LogP contribution in [0.4, 0.5) is 10.1 Å². The quantitative estimate of drug-likeness (QED) is 0.690. The van der Waals surface area contributed by atoms with Crippen LogP contribution in [0.1, 0.15) is 37.6 Å². The maximum absolute atomic E-state index is 13.2. The number of Topliss-reactive ketones (excluding diaryl/α,β-unsaturated/α-hetero) is 1. The second kappa shape index (κ2) is 7.32. The zero-order valence-corrected chi connectivity index (χ0v) is 15.5. The van der Waals surface area contributed by atoms with Gasteiger partial charge in [0.15, 0.2) is 5.78 Å². The van der Waals surface area contributed by atoms with E-state index in [9.17, 15) is 9.18 Å². The number of hydrogen-bond acceptors (Lipinski definition) is 3. The van der Waals surface area contributed by atoms with E-state index in [0.717, 1.165) is 30.0 Å². The summed E-state index contributed by atoms with van der Waals surface area (Å²) in [5.74, 6) is 0.445. The van der Waals surface area contributed by atoms with Gasteiger partial charge in [-0.25, -0.2) is 4.39 Å². The smallest absolute Gasteiger partial charge is 0.191 e. The van der Waals surface area contributed by atoms with Crippen LogP contribution in [0, 0.1) is 11.2 Å². The molecular weight excluding hydrogens is 329 g/mol. The van der Waals surface area contributed by atoms with Crippen LogP contribution in [-0.2, 0) is 0 Å². The third-order valence-corrected chi connectivity index (χ3v) is 4.82. The molecule has 2 aromatic carbocycles. The number of ether oxygens (including phenoxy) is 1. The minimum Gasteiger partial charge on any atom is -0.494 e. The predicted octanol–water partition coefficient (Wildman–Crippen LogP) is 5.23. The van der Waals surface area contributed by atoms with E-state index in [0.29, 0.717) is 12.2 Å². The van der Waals surface area contributed by atoms with Crippen LogP contribution in [0.25, 0.3) is 0 Å². The molecule has 0 unspecified atom stereocenters. The lowest BCUT2D eigenvalue weighted by atomic mass is 9.76. The average molecular weight is 353 g/mol. The molecule has 0 radical (unpaired) electrons. The van der Waals surface area contributed by atoms with E-state index < -0.39 is 0 Å². The van der Waals surface area contributed by atoms with Crippen LogP contribution in [0.3, 0.4) is 0 Å². The van der Waals surface area contributed by atoms with Crippen LogP contribution in [0.5, 0.6) is 5.75 Å². The fourth-order valence-electron chi connectivity index (χ4n) is 3.16. The van der Waals surface area contributed by atoms with Gasteiger partial charge in [0, 0.05) is 29.6 Å². The highest BCUT2D eigenvalue weighted by molar-refractivity contribution is 6.09. The van der Waals surface area contributed by atoms with E-state index in [-0.39, 0.29) is 17.0 Å². The van der Waals surface area contributed by atoms with E-state index in [1.54, 1.807) is 12.1 Å². The highest BCUT2D eigenvalue weighted by Crippen LogP contribution is 2.38. The number of ketones is 1. The zero-order valence-electron chi connectivity index (χ0n) is 15.5. The standard InChI is InChI=1S/C22H24FNO2/c1-4-26-19-11-9-18(10-12-19)24-14-13-22(2,3)20(15-24)21(25)16-5-7-17(23)8-6-16/h5-12,15H,4,13-14H2,1-3H3. The molecule has 0 aromatic heterocycles. The number of hydrogen-bond donors (Lipinski definition) is 0.